The largest absolute Gasteiger partial charge is 0.352 e. The van der Waals surface area contributed by atoms with Gasteiger partial charge in [0.2, 0.25) is 0 Å². The summed E-state index contributed by atoms with van der Waals surface area (Å²) in [5.41, 5.74) is 1.15. The molecule has 1 aliphatic rings. The molecule has 1 saturated heterocycles. The number of amides is 1. The lowest BCUT2D eigenvalue weighted by Crippen LogP contribution is -2.28. The lowest BCUT2D eigenvalue weighted by Gasteiger charge is -2.23. The van der Waals surface area contributed by atoms with E-state index >= 15 is 0 Å². The van der Waals surface area contributed by atoms with E-state index in [2.05, 4.69) is 25.3 Å². The minimum atomic E-state index is -1.30. The first-order chi connectivity index (χ1) is 14.8. The van der Waals surface area contributed by atoms with Crippen LogP contribution in [0, 0.1) is 0 Å². The number of anilines is 2. The van der Waals surface area contributed by atoms with Crippen molar-refractivity contribution in [2.24, 2.45) is 0 Å². The van der Waals surface area contributed by atoms with Gasteiger partial charge < -0.3 is 10.2 Å². The first kappa shape index (κ1) is 20.8. The number of alkyl halides is 1. The first-order valence-corrected chi connectivity index (χ1v) is 10.3. The van der Waals surface area contributed by atoms with Gasteiger partial charge in [0, 0.05) is 61.0 Å². The third-order valence-corrected chi connectivity index (χ3v) is 5.32. The van der Waals surface area contributed by atoms with Crippen molar-refractivity contribution in [3.05, 3.63) is 60.6 Å². The van der Waals surface area contributed by atoms with Crippen molar-refractivity contribution in [3.63, 3.8) is 0 Å². The minimum Gasteiger partial charge on any atom is -0.352 e. The number of hydrogen-bond donors (Lipinski definition) is 1. The van der Waals surface area contributed by atoms with Crippen molar-refractivity contribution in [3.8, 4) is 11.1 Å². The van der Waals surface area contributed by atoms with Crippen LogP contribution in [0.1, 0.15) is 49.3 Å². The van der Waals surface area contributed by atoms with E-state index in [1.807, 2.05) is 36.9 Å². The molecule has 0 aliphatic carbocycles. The predicted octanol–water partition coefficient (Wildman–Crippen LogP) is 4.25. The molecule has 1 amide bonds. The lowest BCUT2D eigenvalue weighted by molar-refractivity contribution is 0.102. The maximum Gasteiger partial charge on any atom is 0.258 e. The number of pyridine rings is 2. The second-order valence-corrected chi connectivity index (χ2v) is 8.32. The van der Waals surface area contributed by atoms with Gasteiger partial charge in [-0.05, 0) is 19.1 Å². The number of rotatable bonds is 5. The highest BCUT2D eigenvalue weighted by molar-refractivity contribution is 6.08. The number of carbonyl (C=O) groups excluding carboxylic acids is 1. The van der Waals surface area contributed by atoms with Crippen LogP contribution < -0.4 is 10.2 Å². The summed E-state index contributed by atoms with van der Waals surface area (Å²) in [6.45, 7) is 6.30. The minimum absolute atomic E-state index is 0.171. The van der Waals surface area contributed by atoms with Crippen molar-refractivity contribution >= 4 is 17.4 Å². The Balaban J connectivity index is 1.72. The van der Waals surface area contributed by atoms with Gasteiger partial charge in [-0.15, -0.1) is 0 Å². The molecule has 8 heteroatoms. The first-order valence-electron chi connectivity index (χ1n) is 10.3. The predicted molar refractivity (Wildman–Crippen MR) is 118 cm³/mol. The Bertz CT molecular complexity index is 1070. The molecule has 0 aromatic carbocycles. The summed E-state index contributed by atoms with van der Waals surface area (Å²) in [7, 11) is 0. The van der Waals surface area contributed by atoms with Gasteiger partial charge in [0.1, 0.15) is 11.5 Å². The van der Waals surface area contributed by atoms with Crippen LogP contribution >= 0.6 is 0 Å². The summed E-state index contributed by atoms with van der Waals surface area (Å²) in [6, 6.07) is 5.55. The zero-order valence-corrected chi connectivity index (χ0v) is 17.8. The molecule has 0 saturated carbocycles. The Morgan fingerprint density at radius 1 is 1.16 bits per heavy atom. The lowest BCUT2D eigenvalue weighted by atomic mass is 10.1. The van der Waals surface area contributed by atoms with Crippen molar-refractivity contribution in [2.45, 2.75) is 38.8 Å². The van der Waals surface area contributed by atoms with E-state index in [1.54, 1.807) is 25.5 Å². The molecule has 0 radical (unpaired) electrons. The molecule has 0 bridgehead atoms. The fourth-order valence-corrected chi connectivity index (χ4v) is 3.62. The van der Waals surface area contributed by atoms with Crippen molar-refractivity contribution < 1.29 is 9.18 Å². The molecular formula is C23H25FN6O. The zero-order valence-electron chi connectivity index (χ0n) is 17.8. The molecule has 3 aromatic rings. The van der Waals surface area contributed by atoms with Crippen LogP contribution in [0.5, 0.6) is 0 Å². The maximum absolute atomic E-state index is 14.5. The van der Waals surface area contributed by atoms with Crippen molar-refractivity contribution in [2.75, 3.05) is 23.3 Å². The molecule has 1 atom stereocenters. The fraction of sp³-hybridized carbons (Fsp3) is 0.348. The average molecular weight is 420 g/mol. The summed E-state index contributed by atoms with van der Waals surface area (Å²) in [6.07, 6.45) is 8.52. The molecule has 1 N–H and O–H groups in total. The van der Waals surface area contributed by atoms with E-state index in [-0.39, 0.29) is 18.4 Å². The van der Waals surface area contributed by atoms with Gasteiger partial charge in [-0.2, -0.15) is 0 Å². The van der Waals surface area contributed by atoms with Crippen LogP contribution in [0.15, 0.2) is 49.2 Å². The quantitative estimate of drug-likeness (QED) is 0.664. The Morgan fingerprint density at radius 2 is 1.94 bits per heavy atom. The van der Waals surface area contributed by atoms with Gasteiger partial charge in [-0.3, -0.25) is 9.78 Å². The summed E-state index contributed by atoms with van der Waals surface area (Å²) in [4.78, 5) is 32.2. The van der Waals surface area contributed by atoms with Crippen molar-refractivity contribution in [1.29, 1.82) is 0 Å². The molecule has 0 spiro atoms. The third kappa shape index (κ3) is 4.52. The van der Waals surface area contributed by atoms with Gasteiger partial charge >= 0.3 is 0 Å². The normalized spacial score (nSPS) is 18.4. The highest BCUT2D eigenvalue weighted by Crippen LogP contribution is 2.38. The van der Waals surface area contributed by atoms with Crippen LogP contribution in [0.25, 0.3) is 11.1 Å². The number of hydrogen-bond acceptors (Lipinski definition) is 6. The Kier molecular flexibility index (Phi) is 5.63. The highest BCUT2D eigenvalue weighted by atomic mass is 19.1. The van der Waals surface area contributed by atoms with Gasteiger partial charge in [0.05, 0.1) is 17.8 Å². The topological polar surface area (TPSA) is 83.9 Å². The summed E-state index contributed by atoms with van der Waals surface area (Å²) < 4.78 is 14.5. The van der Waals surface area contributed by atoms with Gasteiger partial charge in [-0.1, -0.05) is 19.9 Å². The van der Waals surface area contributed by atoms with Gasteiger partial charge in [0.25, 0.3) is 5.91 Å². The Hall–Kier alpha value is -3.42. The molecule has 4 heterocycles. The molecule has 1 aliphatic heterocycles. The molecule has 4 rings (SSSR count). The zero-order chi connectivity index (χ0) is 22.0. The van der Waals surface area contributed by atoms with E-state index in [0.717, 1.165) is 11.1 Å². The third-order valence-electron chi connectivity index (χ3n) is 5.32. The Morgan fingerprint density at radius 3 is 2.55 bits per heavy atom. The molecule has 1 fully saturated rings. The van der Waals surface area contributed by atoms with E-state index in [1.165, 1.54) is 12.4 Å². The monoisotopic (exact) mass is 420 g/mol. The van der Waals surface area contributed by atoms with E-state index in [9.17, 15) is 9.18 Å². The van der Waals surface area contributed by atoms with E-state index < -0.39 is 5.67 Å². The van der Waals surface area contributed by atoms with Gasteiger partial charge in [-0.25, -0.2) is 19.3 Å². The standard InChI is InChI=1S/C23H25FN6O/c1-15(2)20-27-12-17(13-28-20)22(31)29-19-18(16-5-4-8-25-11-16)6-9-26-21(19)30-10-7-23(3,24)14-30/h4-6,8-9,11-13,15H,7,10,14H2,1-3H3,(H,29,31). The summed E-state index contributed by atoms with van der Waals surface area (Å²) >= 11 is 0. The fourth-order valence-electron chi connectivity index (χ4n) is 3.62. The smallest absolute Gasteiger partial charge is 0.258 e. The molecule has 160 valence electrons. The van der Waals surface area contributed by atoms with Crippen LogP contribution in [-0.4, -0.2) is 44.6 Å². The SMILES string of the molecule is CC(C)c1ncc(C(=O)Nc2c(-c3cccnc3)ccnc2N2CCC(C)(F)C2)cn1. The second kappa shape index (κ2) is 8.37. The summed E-state index contributed by atoms with van der Waals surface area (Å²) in [5, 5.41) is 2.97. The highest BCUT2D eigenvalue weighted by Gasteiger charge is 2.35. The molecule has 3 aromatic heterocycles. The number of halogens is 1. The van der Waals surface area contributed by atoms with E-state index in [4.69, 9.17) is 0 Å². The molecule has 1 unspecified atom stereocenters. The number of aromatic nitrogens is 4. The van der Waals surface area contributed by atoms with Crippen LogP contribution in [-0.2, 0) is 0 Å². The Labute approximate surface area is 180 Å². The molecular weight excluding hydrogens is 395 g/mol. The van der Waals surface area contributed by atoms with Crippen LogP contribution in [0.4, 0.5) is 15.9 Å². The van der Waals surface area contributed by atoms with E-state index in [0.29, 0.717) is 35.9 Å². The molecule has 31 heavy (non-hydrogen) atoms. The number of nitrogens with zero attached hydrogens (tertiary/aromatic N) is 5. The van der Waals surface area contributed by atoms with Crippen LogP contribution in [0.2, 0.25) is 0 Å². The molecule has 7 nitrogen and oxygen atoms in total. The van der Waals surface area contributed by atoms with Crippen molar-refractivity contribution in [1.82, 2.24) is 19.9 Å². The average Bonchev–Trinajstić information content (AvgIpc) is 3.14. The number of carbonyl (C=O) groups is 1. The van der Waals surface area contributed by atoms with Gasteiger partial charge in [0.15, 0.2) is 5.82 Å². The number of nitrogens with one attached hydrogen (secondary N) is 1. The summed E-state index contributed by atoms with van der Waals surface area (Å²) in [5.74, 6) is 1.03. The second-order valence-electron chi connectivity index (χ2n) is 8.32. The van der Waals surface area contributed by atoms with Crippen LogP contribution in [0.3, 0.4) is 0 Å². The maximum atomic E-state index is 14.5.